The Labute approximate surface area is 113 Å². The van der Waals surface area contributed by atoms with Crippen LogP contribution in [0.1, 0.15) is 11.1 Å². The van der Waals surface area contributed by atoms with E-state index in [1.807, 2.05) is 67.0 Å². The smallest absolute Gasteiger partial charge is 0.0449 e. The van der Waals surface area contributed by atoms with Crippen molar-refractivity contribution in [3.8, 4) is 17.5 Å². The molecular weight excluding hydrogens is 230 g/mol. The summed E-state index contributed by atoms with van der Waals surface area (Å²) in [5, 5.41) is 0. The van der Waals surface area contributed by atoms with Crippen molar-refractivity contribution in [1.82, 2.24) is 4.57 Å². The van der Waals surface area contributed by atoms with Gasteiger partial charge in [0.25, 0.3) is 0 Å². The van der Waals surface area contributed by atoms with Crippen LogP contribution >= 0.6 is 0 Å². The van der Waals surface area contributed by atoms with E-state index >= 15 is 0 Å². The molecule has 0 aliphatic rings. The molecule has 0 fully saturated rings. The summed E-state index contributed by atoms with van der Waals surface area (Å²) in [5.41, 5.74) is 3.21. The molecule has 0 bridgehead atoms. The highest BCUT2D eigenvalue weighted by molar-refractivity contribution is 5.44. The summed E-state index contributed by atoms with van der Waals surface area (Å²) in [4.78, 5) is 0. The Hall–Kier alpha value is -2.72. The highest BCUT2D eigenvalue weighted by Crippen LogP contribution is 2.09. The molecule has 0 atom stereocenters. The first-order valence-electron chi connectivity index (χ1n) is 6.22. The van der Waals surface area contributed by atoms with Crippen LogP contribution in [0.2, 0.25) is 0 Å². The van der Waals surface area contributed by atoms with Crippen LogP contribution < -0.4 is 0 Å². The van der Waals surface area contributed by atoms with Crippen LogP contribution in [0.3, 0.4) is 0 Å². The third-order valence-corrected chi connectivity index (χ3v) is 2.87. The quantitative estimate of drug-likeness (QED) is 0.572. The van der Waals surface area contributed by atoms with Gasteiger partial charge in [0.1, 0.15) is 0 Å². The molecule has 1 nitrogen and oxygen atoms in total. The van der Waals surface area contributed by atoms with Gasteiger partial charge < -0.3 is 4.57 Å². The monoisotopic (exact) mass is 243 g/mol. The summed E-state index contributed by atoms with van der Waals surface area (Å²) in [6, 6.07) is 22.3. The summed E-state index contributed by atoms with van der Waals surface area (Å²) in [7, 11) is 0. The lowest BCUT2D eigenvalue weighted by molar-refractivity contribution is 1.08. The van der Waals surface area contributed by atoms with Crippen LogP contribution in [0.25, 0.3) is 5.69 Å². The molecule has 1 aromatic heterocycles. The SMILES string of the molecule is C(#Cc1ccn(-c2ccccc2)c1)c1ccccc1. The van der Waals surface area contributed by atoms with Crippen LogP contribution in [-0.4, -0.2) is 4.57 Å². The van der Waals surface area contributed by atoms with Gasteiger partial charge in [0.15, 0.2) is 0 Å². The molecule has 0 saturated carbocycles. The van der Waals surface area contributed by atoms with Crippen molar-refractivity contribution in [3.05, 3.63) is 90.3 Å². The summed E-state index contributed by atoms with van der Waals surface area (Å²) in [6.45, 7) is 0. The maximum atomic E-state index is 3.18. The molecule has 2 aromatic carbocycles. The van der Waals surface area contributed by atoms with Gasteiger partial charge in [0.2, 0.25) is 0 Å². The van der Waals surface area contributed by atoms with Crippen molar-refractivity contribution in [1.29, 1.82) is 0 Å². The van der Waals surface area contributed by atoms with Gasteiger partial charge in [-0.3, -0.25) is 0 Å². The van der Waals surface area contributed by atoms with Gasteiger partial charge in [0.05, 0.1) is 0 Å². The van der Waals surface area contributed by atoms with Crippen LogP contribution in [0.15, 0.2) is 79.1 Å². The fourth-order valence-electron chi connectivity index (χ4n) is 1.90. The normalized spacial score (nSPS) is 9.68. The molecule has 0 N–H and O–H groups in total. The van der Waals surface area contributed by atoms with Gasteiger partial charge in [-0.1, -0.05) is 48.2 Å². The molecule has 3 rings (SSSR count). The fraction of sp³-hybridized carbons (Fsp3) is 0. The zero-order valence-electron chi connectivity index (χ0n) is 10.5. The van der Waals surface area contributed by atoms with E-state index in [1.54, 1.807) is 0 Å². The van der Waals surface area contributed by atoms with Gasteiger partial charge >= 0.3 is 0 Å². The zero-order chi connectivity index (χ0) is 12.9. The topological polar surface area (TPSA) is 4.93 Å². The molecule has 0 unspecified atom stereocenters. The Morgan fingerprint density at radius 2 is 1.26 bits per heavy atom. The maximum absolute atomic E-state index is 3.18. The zero-order valence-corrected chi connectivity index (χ0v) is 10.5. The molecule has 0 saturated heterocycles. The first-order chi connectivity index (χ1) is 9.42. The molecular formula is C18H13N. The molecule has 0 aliphatic carbocycles. The van der Waals surface area contributed by atoms with E-state index in [4.69, 9.17) is 0 Å². The number of para-hydroxylation sites is 1. The van der Waals surface area contributed by atoms with Gasteiger partial charge in [-0.15, -0.1) is 0 Å². The van der Waals surface area contributed by atoms with Crippen molar-refractivity contribution in [2.24, 2.45) is 0 Å². The lowest BCUT2D eigenvalue weighted by atomic mass is 10.2. The predicted molar refractivity (Wildman–Crippen MR) is 78.2 cm³/mol. The lowest BCUT2D eigenvalue weighted by Gasteiger charge is -2.00. The predicted octanol–water partition coefficient (Wildman–Crippen LogP) is 3.88. The first-order valence-corrected chi connectivity index (χ1v) is 6.22. The van der Waals surface area contributed by atoms with E-state index in [-0.39, 0.29) is 0 Å². The minimum atomic E-state index is 1.02. The van der Waals surface area contributed by atoms with E-state index in [0.717, 1.165) is 16.8 Å². The molecule has 0 amide bonds. The molecule has 0 aliphatic heterocycles. The van der Waals surface area contributed by atoms with E-state index in [1.165, 1.54) is 0 Å². The van der Waals surface area contributed by atoms with Gasteiger partial charge in [0, 0.05) is 29.2 Å². The van der Waals surface area contributed by atoms with E-state index < -0.39 is 0 Å². The molecule has 1 heterocycles. The standard InChI is InChI=1S/C18H13N/c1-3-7-16(8-4-1)11-12-17-13-14-19(15-17)18-9-5-2-6-10-18/h1-10,13-15H. The summed E-state index contributed by atoms with van der Waals surface area (Å²) in [6.07, 6.45) is 4.08. The number of benzene rings is 2. The Morgan fingerprint density at radius 3 is 2.00 bits per heavy atom. The average molecular weight is 243 g/mol. The highest BCUT2D eigenvalue weighted by Gasteiger charge is 1.95. The van der Waals surface area contributed by atoms with Crippen LogP contribution in [-0.2, 0) is 0 Å². The number of hydrogen-bond acceptors (Lipinski definition) is 0. The minimum absolute atomic E-state index is 1.02. The van der Waals surface area contributed by atoms with E-state index in [2.05, 4.69) is 28.5 Å². The lowest BCUT2D eigenvalue weighted by Crippen LogP contribution is -1.87. The number of hydrogen-bond donors (Lipinski definition) is 0. The average Bonchev–Trinajstić information content (AvgIpc) is 2.96. The molecule has 19 heavy (non-hydrogen) atoms. The van der Waals surface area contributed by atoms with Crippen LogP contribution in [0.5, 0.6) is 0 Å². The second kappa shape index (κ2) is 5.29. The highest BCUT2D eigenvalue weighted by atomic mass is 14.9. The molecule has 1 heteroatoms. The number of rotatable bonds is 1. The number of aromatic nitrogens is 1. The fourth-order valence-corrected chi connectivity index (χ4v) is 1.90. The molecule has 0 radical (unpaired) electrons. The summed E-state index contributed by atoms with van der Waals surface area (Å²) < 4.78 is 2.08. The van der Waals surface area contributed by atoms with Crippen LogP contribution in [0.4, 0.5) is 0 Å². The first kappa shape index (κ1) is 11.4. The Morgan fingerprint density at radius 1 is 0.632 bits per heavy atom. The second-order valence-corrected chi connectivity index (χ2v) is 4.26. The summed E-state index contributed by atoms with van der Waals surface area (Å²) >= 11 is 0. The molecule has 0 spiro atoms. The second-order valence-electron chi connectivity index (χ2n) is 4.26. The van der Waals surface area contributed by atoms with Gasteiger partial charge in [-0.2, -0.15) is 0 Å². The maximum Gasteiger partial charge on any atom is 0.0449 e. The number of nitrogens with zero attached hydrogens (tertiary/aromatic N) is 1. The van der Waals surface area contributed by atoms with Gasteiger partial charge in [-0.05, 0) is 30.3 Å². The van der Waals surface area contributed by atoms with Crippen LogP contribution in [0, 0.1) is 11.8 Å². The van der Waals surface area contributed by atoms with E-state index in [9.17, 15) is 0 Å². The van der Waals surface area contributed by atoms with Crippen molar-refractivity contribution in [2.75, 3.05) is 0 Å². The Kier molecular flexibility index (Phi) is 3.16. The third-order valence-electron chi connectivity index (χ3n) is 2.87. The van der Waals surface area contributed by atoms with E-state index in [0.29, 0.717) is 0 Å². The van der Waals surface area contributed by atoms with Crippen molar-refractivity contribution >= 4 is 0 Å². The third kappa shape index (κ3) is 2.75. The largest absolute Gasteiger partial charge is 0.323 e. The molecule has 90 valence electrons. The van der Waals surface area contributed by atoms with Gasteiger partial charge in [-0.25, -0.2) is 0 Å². The van der Waals surface area contributed by atoms with Crippen molar-refractivity contribution in [2.45, 2.75) is 0 Å². The van der Waals surface area contributed by atoms with Crippen molar-refractivity contribution < 1.29 is 0 Å². The van der Waals surface area contributed by atoms with Crippen molar-refractivity contribution in [3.63, 3.8) is 0 Å². The minimum Gasteiger partial charge on any atom is -0.323 e. The Bertz CT molecular complexity index is 712. The Balaban J connectivity index is 1.85. The molecule has 3 aromatic rings. The summed E-state index contributed by atoms with van der Waals surface area (Å²) in [5.74, 6) is 6.34.